The number of halogens is 2. The van der Waals surface area contributed by atoms with E-state index in [1.807, 2.05) is 17.2 Å². The zero-order valence-electron chi connectivity index (χ0n) is 12.3. The lowest BCUT2D eigenvalue weighted by molar-refractivity contribution is 0.178. The van der Waals surface area contributed by atoms with Crippen LogP contribution in [0.15, 0.2) is 36.5 Å². The number of fused-ring (bicyclic) bond motifs is 4. The molecule has 1 N–H and O–H groups in total. The fraction of sp³-hybridized carbons (Fsp3) is 0.294. The number of urea groups is 1. The molecule has 2 bridgehead atoms. The molecule has 0 spiro atoms. The molecule has 2 aromatic rings. The Morgan fingerprint density at radius 3 is 2.91 bits per heavy atom. The SMILES string of the molecule is O=C(Nc1ccc(Cl)c(Cl)c1)N1[C@H]2CC[C@@H]1c1cccnc1C2. The van der Waals surface area contributed by atoms with Crippen LogP contribution in [-0.4, -0.2) is 22.0 Å². The van der Waals surface area contributed by atoms with E-state index in [9.17, 15) is 4.79 Å². The van der Waals surface area contributed by atoms with Gasteiger partial charge in [-0.2, -0.15) is 0 Å². The van der Waals surface area contributed by atoms with Crippen LogP contribution in [0.25, 0.3) is 0 Å². The minimum absolute atomic E-state index is 0.0922. The maximum Gasteiger partial charge on any atom is 0.322 e. The van der Waals surface area contributed by atoms with Crippen LogP contribution in [0.2, 0.25) is 10.0 Å². The number of nitrogens with zero attached hydrogens (tertiary/aromatic N) is 2. The van der Waals surface area contributed by atoms with Gasteiger partial charge in [-0.15, -0.1) is 0 Å². The molecule has 23 heavy (non-hydrogen) atoms. The van der Waals surface area contributed by atoms with Gasteiger partial charge < -0.3 is 10.2 Å². The van der Waals surface area contributed by atoms with Gasteiger partial charge in [0.05, 0.1) is 16.1 Å². The number of benzene rings is 1. The van der Waals surface area contributed by atoms with E-state index in [0.717, 1.165) is 25.0 Å². The topological polar surface area (TPSA) is 45.2 Å². The zero-order valence-corrected chi connectivity index (χ0v) is 13.8. The van der Waals surface area contributed by atoms with Gasteiger partial charge in [0, 0.05) is 30.0 Å². The molecule has 2 amide bonds. The van der Waals surface area contributed by atoms with E-state index in [-0.39, 0.29) is 18.1 Å². The standard InChI is InChI=1S/C17H15Cl2N3O/c18-13-5-3-10(8-14(13)19)21-17(23)22-11-4-6-16(22)12-2-1-7-20-15(12)9-11/h1-3,5,7-8,11,16H,4,6,9H2,(H,21,23)/t11-,16+/m0/s1. The first kappa shape index (κ1) is 14.8. The summed E-state index contributed by atoms with van der Waals surface area (Å²) in [5.74, 6) is 0. The molecule has 4 rings (SSSR count). The summed E-state index contributed by atoms with van der Waals surface area (Å²) in [6.45, 7) is 0. The van der Waals surface area contributed by atoms with Gasteiger partial charge in [0.1, 0.15) is 0 Å². The van der Waals surface area contributed by atoms with E-state index < -0.39 is 0 Å². The average molecular weight is 348 g/mol. The predicted octanol–water partition coefficient (Wildman–Crippen LogP) is 4.68. The quantitative estimate of drug-likeness (QED) is 0.813. The first-order chi connectivity index (χ1) is 11.1. The fourth-order valence-electron chi connectivity index (χ4n) is 3.61. The third kappa shape index (κ3) is 2.56. The molecule has 2 aliphatic heterocycles. The van der Waals surface area contributed by atoms with Gasteiger partial charge in [-0.05, 0) is 42.7 Å². The minimum atomic E-state index is -0.0922. The molecule has 118 valence electrons. The van der Waals surface area contributed by atoms with Crippen LogP contribution in [0.3, 0.4) is 0 Å². The van der Waals surface area contributed by atoms with E-state index in [1.54, 1.807) is 18.2 Å². The van der Waals surface area contributed by atoms with Crippen LogP contribution in [0, 0.1) is 0 Å². The van der Waals surface area contributed by atoms with E-state index in [4.69, 9.17) is 23.2 Å². The zero-order chi connectivity index (χ0) is 16.0. The predicted molar refractivity (Wildman–Crippen MR) is 91.0 cm³/mol. The summed E-state index contributed by atoms with van der Waals surface area (Å²) in [4.78, 5) is 19.2. The number of amides is 2. The maximum absolute atomic E-state index is 12.8. The third-order valence-corrected chi connectivity index (χ3v) is 5.36. The summed E-state index contributed by atoms with van der Waals surface area (Å²) >= 11 is 11.9. The monoisotopic (exact) mass is 347 g/mol. The molecule has 0 unspecified atom stereocenters. The lowest BCUT2D eigenvalue weighted by Gasteiger charge is -2.35. The molecule has 0 saturated carbocycles. The highest BCUT2D eigenvalue weighted by molar-refractivity contribution is 6.42. The summed E-state index contributed by atoms with van der Waals surface area (Å²) < 4.78 is 0. The Kier molecular flexibility index (Phi) is 3.66. The Hall–Kier alpha value is -1.78. The van der Waals surface area contributed by atoms with Gasteiger partial charge in [-0.25, -0.2) is 4.79 Å². The Morgan fingerprint density at radius 1 is 1.22 bits per heavy atom. The minimum Gasteiger partial charge on any atom is -0.314 e. The van der Waals surface area contributed by atoms with Crippen LogP contribution >= 0.6 is 23.2 Å². The molecule has 0 aliphatic carbocycles. The molecule has 1 aromatic carbocycles. The summed E-state index contributed by atoms with van der Waals surface area (Å²) in [7, 11) is 0. The van der Waals surface area contributed by atoms with Crippen molar-refractivity contribution in [3.8, 4) is 0 Å². The first-order valence-corrected chi connectivity index (χ1v) is 8.37. The Balaban J connectivity index is 1.59. The van der Waals surface area contributed by atoms with E-state index in [1.165, 1.54) is 5.56 Å². The number of pyridine rings is 1. The van der Waals surface area contributed by atoms with Gasteiger partial charge in [0.2, 0.25) is 0 Å². The van der Waals surface area contributed by atoms with Crippen LogP contribution in [0.4, 0.5) is 10.5 Å². The van der Waals surface area contributed by atoms with Gasteiger partial charge in [0.25, 0.3) is 0 Å². The van der Waals surface area contributed by atoms with Crippen molar-refractivity contribution >= 4 is 34.9 Å². The second kappa shape index (κ2) is 5.69. The normalized spacial score (nSPS) is 21.9. The molecule has 3 heterocycles. The lowest BCUT2D eigenvalue weighted by atomic mass is 9.98. The van der Waals surface area contributed by atoms with Crippen LogP contribution in [0.5, 0.6) is 0 Å². The number of hydrogen-bond donors (Lipinski definition) is 1. The lowest BCUT2D eigenvalue weighted by Crippen LogP contribution is -2.44. The second-order valence-electron chi connectivity index (χ2n) is 5.96. The number of hydrogen-bond acceptors (Lipinski definition) is 2. The van der Waals surface area contributed by atoms with Crippen molar-refractivity contribution < 1.29 is 4.79 Å². The van der Waals surface area contributed by atoms with E-state index >= 15 is 0 Å². The van der Waals surface area contributed by atoms with Crippen LogP contribution in [0.1, 0.15) is 30.1 Å². The van der Waals surface area contributed by atoms with Crippen molar-refractivity contribution in [3.05, 3.63) is 57.8 Å². The average Bonchev–Trinajstić information content (AvgIpc) is 2.86. The molecule has 4 nitrogen and oxygen atoms in total. The van der Waals surface area contributed by atoms with Gasteiger partial charge >= 0.3 is 6.03 Å². The first-order valence-electron chi connectivity index (χ1n) is 7.61. The van der Waals surface area contributed by atoms with Gasteiger partial charge in [-0.3, -0.25) is 4.98 Å². The smallest absolute Gasteiger partial charge is 0.314 e. The summed E-state index contributed by atoms with van der Waals surface area (Å²) in [6, 6.07) is 9.36. The molecule has 1 fully saturated rings. The molecule has 1 saturated heterocycles. The number of carbonyl (C=O) groups excluding carboxylic acids is 1. The molecular weight excluding hydrogens is 333 g/mol. The number of aromatic nitrogens is 1. The number of carbonyl (C=O) groups is 1. The molecular formula is C17H15Cl2N3O. The van der Waals surface area contributed by atoms with Crippen LogP contribution in [-0.2, 0) is 6.42 Å². The highest BCUT2D eigenvalue weighted by Crippen LogP contribution is 2.43. The fourth-order valence-corrected chi connectivity index (χ4v) is 3.90. The highest BCUT2D eigenvalue weighted by atomic mass is 35.5. The molecule has 2 aliphatic rings. The largest absolute Gasteiger partial charge is 0.322 e. The summed E-state index contributed by atoms with van der Waals surface area (Å²) in [6.07, 6.45) is 4.64. The Bertz CT molecular complexity index is 780. The van der Waals surface area contributed by atoms with E-state index in [0.29, 0.717) is 15.7 Å². The summed E-state index contributed by atoms with van der Waals surface area (Å²) in [5, 5.41) is 3.84. The van der Waals surface area contributed by atoms with Crippen molar-refractivity contribution in [1.29, 1.82) is 0 Å². The van der Waals surface area contributed by atoms with Crippen molar-refractivity contribution in [2.75, 3.05) is 5.32 Å². The van der Waals surface area contributed by atoms with Crippen molar-refractivity contribution in [2.45, 2.75) is 31.3 Å². The number of anilines is 1. The van der Waals surface area contributed by atoms with Gasteiger partial charge in [0.15, 0.2) is 0 Å². The van der Waals surface area contributed by atoms with Gasteiger partial charge in [-0.1, -0.05) is 29.3 Å². The van der Waals surface area contributed by atoms with Crippen LogP contribution < -0.4 is 5.32 Å². The summed E-state index contributed by atoms with van der Waals surface area (Å²) in [5.41, 5.74) is 2.95. The molecule has 0 radical (unpaired) electrons. The highest BCUT2D eigenvalue weighted by Gasteiger charge is 2.43. The molecule has 6 heteroatoms. The number of rotatable bonds is 1. The second-order valence-corrected chi connectivity index (χ2v) is 6.77. The Labute approximate surface area is 144 Å². The third-order valence-electron chi connectivity index (χ3n) is 4.62. The molecule has 2 atom stereocenters. The maximum atomic E-state index is 12.8. The van der Waals surface area contributed by atoms with Crippen molar-refractivity contribution in [3.63, 3.8) is 0 Å². The van der Waals surface area contributed by atoms with Crippen molar-refractivity contribution in [1.82, 2.24) is 9.88 Å². The van der Waals surface area contributed by atoms with E-state index in [2.05, 4.69) is 16.4 Å². The number of nitrogens with one attached hydrogen (secondary N) is 1. The molecule has 1 aromatic heterocycles. The van der Waals surface area contributed by atoms with Crippen molar-refractivity contribution in [2.24, 2.45) is 0 Å². The Morgan fingerprint density at radius 2 is 2.09 bits per heavy atom.